The standard InChI is InChI=1S/C25H28N6O5S.C24H24N6O4S2.C24H27N5O5S.CH4/c1-4-36-23(35)21-15(2)26-25(37-21)29-24-27-19(17-6-8-18(9-7-17)22(33)34)14-20(28-24)31-11-5-10-30(12-13-31)16(3)32;1-4-34-22(31)21-15(2)27-24(35-21)30-23-28-19(17-6-5-11-25-14-17)12-20(29-23)26-13-16-7-9-18(10-8-16)36(3,32)33;1-3-34-22(33)20-14(2)25-24(35-20)28-23-26-18(16-6-8-17(9-7-16)21(31)32)11-19(27-23)29-10-4-5-15(12-29)13-30;/h6-9,14H,4-5,10-13H2,1-3H3,(H,33,34)(H,26,27,28,29);5-12,14H,4,13H2,1-3H3,(H2,26,27,28,29,30);6-9,11,15,30H,3-5,10,12-13H2,1-2H3,(H,31,32)(H,25,26,27,28);1H4. The van der Waals surface area contributed by atoms with Gasteiger partial charge in [-0.2, -0.15) is 15.0 Å². The van der Waals surface area contributed by atoms with Crippen LogP contribution in [0.4, 0.5) is 50.7 Å². The molecule has 2 aliphatic heterocycles. The number of ether oxygens (including phenoxy) is 3. The minimum atomic E-state index is -3.26. The van der Waals surface area contributed by atoms with Crippen LogP contribution in [0.25, 0.3) is 33.8 Å². The molecular formula is C74H83N17O14S4. The summed E-state index contributed by atoms with van der Waals surface area (Å²) >= 11 is 3.49. The van der Waals surface area contributed by atoms with Crippen molar-refractivity contribution in [2.75, 3.05) is 103 Å². The molecule has 1 unspecified atom stereocenters. The lowest BCUT2D eigenvalue weighted by atomic mass is 9.99. The Morgan fingerprint density at radius 3 is 1.44 bits per heavy atom. The highest BCUT2D eigenvalue weighted by Crippen LogP contribution is 2.34. The fourth-order valence-corrected chi connectivity index (χ4v) is 14.3. The summed E-state index contributed by atoms with van der Waals surface area (Å²) in [4.78, 5) is 124. The van der Waals surface area contributed by atoms with Crippen molar-refractivity contribution in [3.8, 4) is 33.8 Å². The minimum absolute atomic E-state index is 0. The number of sulfone groups is 1. The highest BCUT2D eigenvalue weighted by Gasteiger charge is 2.26. The van der Waals surface area contributed by atoms with E-state index >= 15 is 0 Å². The molecule has 35 heteroatoms. The van der Waals surface area contributed by atoms with E-state index in [9.17, 15) is 52.5 Å². The second kappa shape index (κ2) is 37.8. The summed E-state index contributed by atoms with van der Waals surface area (Å²) in [6.07, 6.45) is 7.25. The number of amides is 1. The lowest BCUT2D eigenvalue weighted by molar-refractivity contribution is -0.128. The van der Waals surface area contributed by atoms with Crippen LogP contribution in [0, 0.1) is 26.7 Å². The fourth-order valence-electron chi connectivity index (χ4n) is 11.1. The van der Waals surface area contributed by atoms with Crippen molar-refractivity contribution in [3.05, 3.63) is 164 Å². The number of carboxylic acid groups (broad SMARTS) is 2. The van der Waals surface area contributed by atoms with Gasteiger partial charge >= 0.3 is 29.8 Å². The van der Waals surface area contributed by atoms with Gasteiger partial charge in [0.2, 0.25) is 23.8 Å². The number of nitrogens with one attached hydrogen (secondary N) is 4. The normalized spacial score (nSPS) is 13.4. The maximum Gasteiger partial charge on any atom is 0.350 e. The molecule has 0 bridgehead atoms. The number of aromatic nitrogens is 10. The van der Waals surface area contributed by atoms with Gasteiger partial charge in [-0.15, -0.1) is 0 Å². The van der Waals surface area contributed by atoms with Gasteiger partial charge in [-0.3, -0.25) is 25.7 Å². The van der Waals surface area contributed by atoms with Crippen molar-refractivity contribution in [3.63, 3.8) is 0 Å². The number of aliphatic hydroxyl groups is 1. The van der Waals surface area contributed by atoms with Crippen LogP contribution in [0.3, 0.4) is 0 Å². The van der Waals surface area contributed by atoms with Gasteiger partial charge in [-0.05, 0) is 121 Å². The monoisotopic (exact) mass is 1560 g/mol. The van der Waals surface area contributed by atoms with Crippen molar-refractivity contribution in [2.24, 2.45) is 5.92 Å². The van der Waals surface area contributed by atoms with Gasteiger partial charge in [-0.1, -0.05) is 77.8 Å². The molecule has 12 rings (SSSR count). The van der Waals surface area contributed by atoms with Crippen LogP contribution in [0.1, 0.15) is 127 Å². The van der Waals surface area contributed by atoms with Gasteiger partial charge in [0.25, 0.3) is 0 Å². The molecule has 10 aromatic rings. The number of benzene rings is 3. The van der Waals surface area contributed by atoms with Crippen molar-refractivity contribution >= 4 is 130 Å². The minimum Gasteiger partial charge on any atom is -0.478 e. The summed E-state index contributed by atoms with van der Waals surface area (Å²) < 4.78 is 38.7. The molecule has 0 aliphatic carbocycles. The van der Waals surface area contributed by atoms with Gasteiger partial charge < -0.3 is 49.5 Å². The third kappa shape index (κ3) is 22.1. The zero-order valence-corrected chi connectivity index (χ0v) is 63.5. The third-order valence-electron chi connectivity index (χ3n) is 16.6. The van der Waals surface area contributed by atoms with Gasteiger partial charge in [0.1, 0.15) is 32.1 Å². The quantitative estimate of drug-likeness (QED) is 0.0218. The number of thiazole rings is 3. The Morgan fingerprint density at radius 2 is 1.01 bits per heavy atom. The van der Waals surface area contributed by atoms with Crippen LogP contribution >= 0.6 is 34.0 Å². The lowest BCUT2D eigenvalue weighted by Gasteiger charge is -2.33. The molecule has 9 heterocycles. The number of esters is 3. The second-order valence-corrected chi connectivity index (χ2v) is 29.4. The van der Waals surface area contributed by atoms with Crippen LogP contribution < -0.4 is 31.1 Å². The predicted octanol–water partition coefficient (Wildman–Crippen LogP) is 12.2. The number of aliphatic hydroxyl groups excluding tert-OH is 1. The van der Waals surface area contributed by atoms with Crippen molar-refractivity contribution in [1.82, 2.24) is 54.7 Å². The van der Waals surface area contributed by atoms with E-state index in [1.165, 1.54) is 41.9 Å². The van der Waals surface area contributed by atoms with Crippen molar-refractivity contribution in [2.45, 2.75) is 86.6 Å². The second-order valence-electron chi connectivity index (χ2n) is 24.4. The number of rotatable bonds is 24. The van der Waals surface area contributed by atoms with Gasteiger partial charge in [0, 0.05) is 113 Å². The number of piperidine rings is 1. The van der Waals surface area contributed by atoms with E-state index in [1.807, 2.05) is 29.2 Å². The van der Waals surface area contributed by atoms with E-state index in [2.05, 4.69) is 70.9 Å². The van der Waals surface area contributed by atoms with E-state index < -0.39 is 39.7 Å². The summed E-state index contributed by atoms with van der Waals surface area (Å²) in [6.45, 7) is 17.4. The first-order valence-electron chi connectivity index (χ1n) is 34.2. The summed E-state index contributed by atoms with van der Waals surface area (Å²) in [5, 5.41) is 42.0. The van der Waals surface area contributed by atoms with E-state index in [-0.39, 0.29) is 73.6 Å². The average molecular weight is 1560 g/mol. The van der Waals surface area contributed by atoms with Crippen molar-refractivity contribution < 1.29 is 66.7 Å². The molecule has 1 atom stereocenters. The summed E-state index contributed by atoms with van der Waals surface area (Å²) in [6, 6.07) is 28.8. The van der Waals surface area contributed by atoms with Gasteiger partial charge in [0.05, 0.1) is 70.0 Å². The van der Waals surface area contributed by atoms with Crippen LogP contribution in [0.15, 0.2) is 120 Å². The topological polar surface area (TPSA) is 412 Å². The van der Waals surface area contributed by atoms with Crippen LogP contribution in [-0.2, 0) is 35.4 Å². The molecule has 0 radical (unpaired) electrons. The number of hydrogen-bond donors (Lipinski definition) is 7. The molecule has 2 fully saturated rings. The molecule has 7 aromatic heterocycles. The highest BCUT2D eigenvalue weighted by atomic mass is 32.2. The third-order valence-corrected chi connectivity index (χ3v) is 20.9. The van der Waals surface area contributed by atoms with Crippen LogP contribution in [-0.4, -0.2) is 186 Å². The Bertz CT molecular complexity index is 4970. The number of aromatic carboxylic acids is 2. The van der Waals surface area contributed by atoms with E-state index in [0.717, 1.165) is 70.7 Å². The molecule has 572 valence electrons. The number of carbonyl (C=O) groups excluding carboxylic acids is 4. The average Bonchev–Trinajstić information content (AvgIpc) is 1.79. The first-order chi connectivity index (χ1) is 51.8. The first kappa shape index (κ1) is 81.5. The highest BCUT2D eigenvalue weighted by molar-refractivity contribution is 7.90. The Hall–Kier alpha value is -11.5. The molecule has 3 aromatic carbocycles. The molecule has 7 N–H and O–H groups in total. The molecule has 109 heavy (non-hydrogen) atoms. The molecule has 1 amide bonds. The smallest absolute Gasteiger partial charge is 0.350 e. The lowest BCUT2D eigenvalue weighted by Crippen LogP contribution is -2.37. The fraction of sp³-hybridized carbons (Fsp3) is 0.324. The van der Waals surface area contributed by atoms with E-state index in [0.29, 0.717) is 127 Å². The number of anilines is 9. The molecule has 0 spiro atoms. The first-order valence-corrected chi connectivity index (χ1v) is 38.6. The number of hydrogen-bond acceptors (Lipinski definition) is 31. The number of carboxylic acids is 2. The number of nitrogens with zero attached hydrogens (tertiary/aromatic N) is 13. The zero-order chi connectivity index (χ0) is 77.2. The molecule has 2 saturated heterocycles. The molecular weight excluding hydrogens is 1480 g/mol. The van der Waals surface area contributed by atoms with Crippen LogP contribution in [0.5, 0.6) is 0 Å². The Labute approximate surface area is 641 Å². The number of carbonyl (C=O) groups is 6. The number of pyridine rings is 1. The van der Waals surface area contributed by atoms with Crippen LogP contribution in [0.2, 0.25) is 0 Å². The molecule has 0 saturated carbocycles. The molecule has 2 aliphatic rings. The maximum absolute atomic E-state index is 12.2. The van der Waals surface area contributed by atoms with E-state index in [1.54, 1.807) is 115 Å². The Kier molecular flexibility index (Phi) is 28.3. The van der Waals surface area contributed by atoms with Crippen molar-refractivity contribution in [1.29, 1.82) is 0 Å². The Morgan fingerprint density at radius 1 is 0.550 bits per heavy atom. The van der Waals surface area contributed by atoms with Gasteiger partial charge in [-0.25, -0.2) is 62.3 Å². The SMILES string of the molecule is C.CCOC(=O)c1sc(Nc2nc(-c3ccc(C(=O)O)cc3)cc(N3CCCC(CO)C3)n2)nc1C.CCOC(=O)c1sc(Nc2nc(-c3ccc(C(=O)O)cc3)cc(N3CCCN(C(C)=O)CC3)n2)nc1C.CCOC(=O)c1sc(Nc2nc(NCc3ccc(S(C)(=O)=O)cc3)cc(-c3cccnc3)n2)nc1C. The molecule has 31 nitrogen and oxygen atoms in total. The van der Waals surface area contributed by atoms with E-state index in [4.69, 9.17) is 24.2 Å². The summed E-state index contributed by atoms with van der Waals surface area (Å²) in [7, 11) is -3.26. The summed E-state index contributed by atoms with van der Waals surface area (Å²) in [5.41, 5.74) is 7.00. The zero-order valence-electron chi connectivity index (χ0n) is 60.2. The van der Waals surface area contributed by atoms with Gasteiger partial charge in [0.15, 0.2) is 25.2 Å². The predicted molar refractivity (Wildman–Crippen MR) is 417 cm³/mol. The maximum atomic E-state index is 12.2. The summed E-state index contributed by atoms with van der Waals surface area (Å²) in [5.74, 6) is -0.298. The largest absolute Gasteiger partial charge is 0.478 e. The number of aryl methyl sites for hydroxylation is 3. The Balaban J connectivity index is 0.000000188.